The van der Waals surface area contributed by atoms with E-state index in [1.54, 1.807) is 11.1 Å². The van der Waals surface area contributed by atoms with Crippen molar-refractivity contribution in [1.82, 2.24) is 10.2 Å². The van der Waals surface area contributed by atoms with E-state index >= 15 is 0 Å². The molecular formula is C30H48N2O2. The normalized spacial score (nSPS) is 49.1. The van der Waals surface area contributed by atoms with Crippen molar-refractivity contribution in [3.05, 3.63) is 11.1 Å². The number of nitrogens with one attached hydrogen (secondary N) is 1. The summed E-state index contributed by atoms with van der Waals surface area (Å²) in [5.41, 5.74) is 4.31. The highest BCUT2D eigenvalue weighted by molar-refractivity contribution is 5.80. The average molecular weight is 469 g/mol. The second-order valence-corrected chi connectivity index (χ2v) is 13.7. The lowest BCUT2D eigenvalue weighted by atomic mass is 9.61. The van der Waals surface area contributed by atoms with E-state index in [9.17, 15) is 4.79 Å². The number of carbonyl (C=O) groups is 1. The molecule has 4 nitrogen and oxygen atoms in total. The molecule has 6 rings (SSSR count). The third-order valence-corrected chi connectivity index (χ3v) is 11.9. The SMILES string of the molecule is CNC12CCCC3C(=C(C)COC1CC(C)CN2C(C)C)CC12CC14CCC(=O)CC4CCC32. The molecule has 0 aromatic carbocycles. The van der Waals surface area contributed by atoms with Crippen LogP contribution in [0.25, 0.3) is 0 Å². The standard InChI is InChI=1S/C30H48N2O2/c1-19(2)32-16-20(3)13-27-30(32,31-5)11-6-7-24-25(21(4)17-34-27)15-29-18-28(29)12-10-23(33)14-22(28)8-9-26(24)29/h19-20,22,24,26-27,31H,6-18H2,1-5H3. The molecule has 0 aromatic heterocycles. The van der Waals surface area contributed by atoms with Crippen LogP contribution in [0.1, 0.15) is 98.3 Å². The maximum Gasteiger partial charge on any atom is 0.133 e. The summed E-state index contributed by atoms with van der Waals surface area (Å²) in [6.45, 7) is 11.5. The van der Waals surface area contributed by atoms with Crippen molar-refractivity contribution in [1.29, 1.82) is 0 Å². The van der Waals surface area contributed by atoms with Gasteiger partial charge in [0.15, 0.2) is 0 Å². The van der Waals surface area contributed by atoms with Crippen LogP contribution in [-0.2, 0) is 9.53 Å². The molecule has 1 saturated heterocycles. The summed E-state index contributed by atoms with van der Waals surface area (Å²) in [5, 5.41) is 3.83. The molecule has 5 fully saturated rings. The van der Waals surface area contributed by atoms with Crippen molar-refractivity contribution in [3.63, 3.8) is 0 Å². The lowest BCUT2D eigenvalue weighted by Crippen LogP contribution is -2.70. The molecule has 0 bridgehead atoms. The number of ketones is 1. The second-order valence-electron chi connectivity index (χ2n) is 13.7. The molecule has 4 heteroatoms. The van der Waals surface area contributed by atoms with E-state index in [0.717, 1.165) is 44.2 Å². The van der Waals surface area contributed by atoms with Crippen molar-refractivity contribution in [2.24, 2.45) is 34.5 Å². The maximum absolute atomic E-state index is 12.3. The Bertz CT molecular complexity index is 881. The highest BCUT2D eigenvalue weighted by Crippen LogP contribution is 2.85. The quantitative estimate of drug-likeness (QED) is 0.527. The largest absolute Gasteiger partial charge is 0.371 e. The number of ether oxygens (including phenoxy) is 1. The van der Waals surface area contributed by atoms with Gasteiger partial charge in [-0.05, 0) is 126 Å². The Hall–Kier alpha value is -0.710. The van der Waals surface area contributed by atoms with E-state index in [1.807, 2.05) is 0 Å². The number of rotatable bonds is 2. The van der Waals surface area contributed by atoms with Gasteiger partial charge in [-0.2, -0.15) is 0 Å². The molecule has 2 aliphatic heterocycles. The third kappa shape index (κ3) is 3.16. The highest BCUT2D eigenvalue weighted by atomic mass is 16.5. The fourth-order valence-corrected chi connectivity index (χ4v) is 10.4. The zero-order chi connectivity index (χ0) is 23.9. The van der Waals surface area contributed by atoms with E-state index in [2.05, 4.69) is 45.0 Å². The summed E-state index contributed by atoms with van der Waals surface area (Å²) in [4.78, 5) is 15.0. The lowest BCUT2D eigenvalue weighted by molar-refractivity contribution is -0.140. The van der Waals surface area contributed by atoms with Crippen LogP contribution in [0.2, 0.25) is 0 Å². The number of likely N-dealkylation sites (tertiary alicyclic amines) is 1. The molecule has 4 aliphatic carbocycles. The zero-order valence-corrected chi connectivity index (χ0v) is 22.4. The van der Waals surface area contributed by atoms with E-state index in [4.69, 9.17) is 4.74 Å². The van der Waals surface area contributed by atoms with Crippen LogP contribution in [0.4, 0.5) is 0 Å². The number of piperidine rings is 1. The zero-order valence-electron chi connectivity index (χ0n) is 22.4. The summed E-state index contributed by atoms with van der Waals surface area (Å²) in [6.07, 6.45) is 13.5. The van der Waals surface area contributed by atoms with E-state index < -0.39 is 0 Å². The van der Waals surface area contributed by atoms with E-state index in [1.165, 1.54) is 51.4 Å². The van der Waals surface area contributed by atoms with Gasteiger partial charge >= 0.3 is 0 Å². The van der Waals surface area contributed by atoms with Crippen LogP contribution < -0.4 is 5.32 Å². The Balaban J connectivity index is 1.31. The summed E-state index contributed by atoms with van der Waals surface area (Å²) < 4.78 is 6.90. The molecule has 8 unspecified atom stereocenters. The van der Waals surface area contributed by atoms with Gasteiger partial charge in [-0.1, -0.05) is 12.5 Å². The van der Waals surface area contributed by atoms with Crippen LogP contribution in [0.5, 0.6) is 0 Å². The predicted octanol–water partition coefficient (Wildman–Crippen LogP) is 5.71. The first kappa shape index (κ1) is 23.7. The van der Waals surface area contributed by atoms with Crippen molar-refractivity contribution in [3.8, 4) is 0 Å². The number of fused-ring (bicyclic) bond motifs is 3. The van der Waals surface area contributed by atoms with Crippen molar-refractivity contribution in [2.75, 3.05) is 20.2 Å². The highest BCUT2D eigenvalue weighted by Gasteiger charge is 2.77. The minimum absolute atomic E-state index is 0.0447. The number of nitrogens with zero attached hydrogens (tertiary/aromatic N) is 1. The minimum Gasteiger partial charge on any atom is -0.371 e. The molecule has 8 atom stereocenters. The first-order valence-corrected chi connectivity index (χ1v) is 14.5. The number of hydrogen-bond acceptors (Lipinski definition) is 4. The molecule has 6 aliphatic rings. The molecule has 1 N–H and O–H groups in total. The van der Waals surface area contributed by atoms with Gasteiger partial charge in [0.2, 0.25) is 0 Å². The van der Waals surface area contributed by atoms with Crippen LogP contribution in [0.15, 0.2) is 11.1 Å². The summed E-state index contributed by atoms with van der Waals surface area (Å²) in [5.74, 6) is 3.51. The van der Waals surface area contributed by atoms with Gasteiger partial charge in [-0.25, -0.2) is 0 Å². The first-order valence-electron chi connectivity index (χ1n) is 14.5. The van der Waals surface area contributed by atoms with Gasteiger partial charge in [-0.3, -0.25) is 9.69 Å². The van der Waals surface area contributed by atoms with Gasteiger partial charge in [0.1, 0.15) is 5.78 Å². The number of carbonyl (C=O) groups excluding carboxylic acids is 1. The molecule has 2 heterocycles. The fourth-order valence-electron chi connectivity index (χ4n) is 10.4. The van der Waals surface area contributed by atoms with Gasteiger partial charge < -0.3 is 10.1 Å². The van der Waals surface area contributed by atoms with Crippen molar-refractivity contribution < 1.29 is 9.53 Å². The molecule has 2 spiro atoms. The van der Waals surface area contributed by atoms with Crippen molar-refractivity contribution >= 4 is 5.78 Å². The van der Waals surface area contributed by atoms with Crippen LogP contribution in [0, 0.1) is 34.5 Å². The molecular weight excluding hydrogens is 420 g/mol. The Kier molecular flexibility index (Phi) is 5.67. The maximum atomic E-state index is 12.3. The van der Waals surface area contributed by atoms with Gasteiger partial charge in [-0.15, -0.1) is 0 Å². The van der Waals surface area contributed by atoms with Crippen LogP contribution in [0.3, 0.4) is 0 Å². The van der Waals surface area contributed by atoms with E-state index in [-0.39, 0.29) is 11.8 Å². The first-order chi connectivity index (χ1) is 16.3. The molecule has 4 saturated carbocycles. The van der Waals surface area contributed by atoms with Crippen LogP contribution >= 0.6 is 0 Å². The Morgan fingerprint density at radius 2 is 1.97 bits per heavy atom. The molecule has 0 aromatic rings. The van der Waals surface area contributed by atoms with Crippen molar-refractivity contribution in [2.45, 2.75) is 116 Å². The Morgan fingerprint density at radius 3 is 2.74 bits per heavy atom. The summed E-state index contributed by atoms with van der Waals surface area (Å²) >= 11 is 0. The summed E-state index contributed by atoms with van der Waals surface area (Å²) in [7, 11) is 2.17. The second kappa shape index (κ2) is 8.15. The average Bonchev–Trinajstić information content (AvgIpc) is 3.36. The molecule has 0 radical (unpaired) electrons. The van der Waals surface area contributed by atoms with Gasteiger partial charge in [0.25, 0.3) is 0 Å². The lowest BCUT2D eigenvalue weighted by Gasteiger charge is -2.55. The summed E-state index contributed by atoms with van der Waals surface area (Å²) in [6, 6.07) is 0.516. The molecule has 34 heavy (non-hydrogen) atoms. The molecule has 190 valence electrons. The smallest absolute Gasteiger partial charge is 0.133 e. The number of likely N-dealkylation sites (N-methyl/N-ethyl adjacent to an activating group) is 1. The minimum atomic E-state index is -0.0447. The monoisotopic (exact) mass is 468 g/mol. The third-order valence-electron chi connectivity index (χ3n) is 11.9. The van der Waals surface area contributed by atoms with E-state index in [0.29, 0.717) is 34.5 Å². The fraction of sp³-hybridized carbons (Fsp3) is 0.900. The molecule has 0 amide bonds. The Labute approximate surface area is 207 Å². The Morgan fingerprint density at radius 1 is 1.15 bits per heavy atom. The number of hydrogen-bond donors (Lipinski definition) is 1. The van der Waals surface area contributed by atoms with Crippen LogP contribution in [-0.4, -0.2) is 48.7 Å². The van der Waals surface area contributed by atoms with Gasteiger partial charge in [0.05, 0.1) is 18.4 Å². The number of allylic oxidation sites excluding steroid dienone is 1. The predicted molar refractivity (Wildman–Crippen MR) is 136 cm³/mol. The topological polar surface area (TPSA) is 41.6 Å². The van der Waals surface area contributed by atoms with Gasteiger partial charge in [0, 0.05) is 25.4 Å². The number of Topliss-reactive ketones (excluding diaryl/α,β-unsaturated/α-hetero) is 1.